The van der Waals surface area contributed by atoms with Crippen molar-refractivity contribution >= 4 is 52.1 Å². The number of thiocarbonyl (C=S) groups is 1. The highest BCUT2D eigenvalue weighted by atomic mass is 35.5. The Hall–Kier alpha value is -3.16. The van der Waals surface area contributed by atoms with Crippen LogP contribution >= 0.6 is 23.8 Å². The average molecular weight is 456 g/mol. The van der Waals surface area contributed by atoms with Gasteiger partial charge in [-0.15, -0.1) is 0 Å². The van der Waals surface area contributed by atoms with Gasteiger partial charge >= 0.3 is 0 Å². The monoisotopic (exact) mass is 455 g/mol. The Bertz CT molecular complexity index is 1080. The zero-order valence-corrected chi connectivity index (χ0v) is 18.5. The van der Waals surface area contributed by atoms with Crippen LogP contribution in [0.2, 0.25) is 5.02 Å². The van der Waals surface area contributed by atoms with Crippen molar-refractivity contribution in [1.82, 2.24) is 5.32 Å². The summed E-state index contributed by atoms with van der Waals surface area (Å²) in [6.45, 7) is 2.04. The first-order chi connectivity index (χ1) is 14.9. The fourth-order valence-corrected chi connectivity index (χ4v) is 3.13. The van der Waals surface area contributed by atoms with Gasteiger partial charge in [0.1, 0.15) is 5.76 Å². The molecule has 8 heteroatoms. The Morgan fingerprint density at radius 1 is 1.00 bits per heavy atom. The molecule has 2 aromatic carbocycles. The molecule has 3 aromatic rings. The van der Waals surface area contributed by atoms with Crippen LogP contribution < -0.4 is 16.0 Å². The van der Waals surface area contributed by atoms with Crippen molar-refractivity contribution < 1.29 is 14.0 Å². The van der Waals surface area contributed by atoms with Crippen LogP contribution in [-0.2, 0) is 4.79 Å². The fourth-order valence-electron chi connectivity index (χ4n) is 2.79. The molecule has 0 radical (unpaired) electrons. The van der Waals surface area contributed by atoms with E-state index in [1.54, 1.807) is 48.5 Å². The van der Waals surface area contributed by atoms with E-state index in [1.165, 1.54) is 0 Å². The minimum atomic E-state index is -0.471. The molecule has 0 aliphatic carbocycles. The topological polar surface area (TPSA) is 83.4 Å². The molecule has 160 valence electrons. The number of carbonyl (C=O) groups is 2. The molecular weight excluding hydrogens is 434 g/mol. The molecule has 0 saturated heterocycles. The summed E-state index contributed by atoms with van der Waals surface area (Å²) in [4.78, 5) is 24.3. The van der Waals surface area contributed by atoms with Gasteiger partial charge in [0, 0.05) is 28.4 Å². The number of halogens is 1. The van der Waals surface area contributed by atoms with Crippen LogP contribution in [-0.4, -0.2) is 16.9 Å². The Labute approximate surface area is 191 Å². The molecule has 3 rings (SSSR count). The second-order valence-corrected chi connectivity index (χ2v) is 7.66. The molecule has 0 fully saturated rings. The van der Waals surface area contributed by atoms with Gasteiger partial charge in [-0.25, -0.2) is 0 Å². The molecule has 0 aliphatic rings. The number of furan rings is 1. The van der Waals surface area contributed by atoms with Crippen molar-refractivity contribution in [2.45, 2.75) is 26.2 Å². The standard InChI is InChI=1S/C23H22ClN3O3S/c1-2-3-7-21(28)25-17-5-4-6-18(14-17)26-23(31)27-22(29)20-13-12-19(30-20)15-8-10-16(24)11-9-15/h4-6,8-14H,2-3,7H2,1H3,(H,25,28)(H2,26,27,29,31). The van der Waals surface area contributed by atoms with E-state index in [1.807, 2.05) is 19.1 Å². The second kappa shape index (κ2) is 10.7. The highest BCUT2D eigenvalue weighted by molar-refractivity contribution is 7.80. The number of carbonyl (C=O) groups excluding carboxylic acids is 2. The maximum Gasteiger partial charge on any atom is 0.293 e. The number of benzene rings is 2. The first kappa shape index (κ1) is 22.5. The van der Waals surface area contributed by atoms with Crippen molar-refractivity contribution in [2.75, 3.05) is 10.6 Å². The molecule has 1 heterocycles. The quantitative estimate of drug-likeness (QED) is 0.389. The zero-order valence-electron chi connectivity index (χ0n) is 16.9. The lowest BCUT2D eigenvalue weighted by atomic mass is 10.2. The molecule has 0 atom stereocenters. The first-order valence-electron chi connectivity index (χ1n) is 9.82. The molecular formula is C23H22ClN3O3S. The summed E-state index contributed by atoms with van der Waals surface area (Å²) < 4.78 is 5.63. The lowest BCUT2D eigenvalue weighted by Crippen LogP contribution is -2.33. The number of anilines is 2. The summed E-state index contributed by atoms with van der Waals surface area (Å²) in [5, 5.41) is 9.10. The van der Waals surface area contributed by atoms with Crippen molar-refractivity contribution in [3.63, 3.8) is 0 Å². The Balaban J connectivity index is 1.57. The van der Waals surface area contributed by atoms with Crippen molar-refractivity contribution in [3.8, 4) is 11.3 Å². The molecule has 31 heavy (non-hydrogen) atoms. The normalized spacial score (nSPS) is 10.4. The van der Waals surface area contributed by atoms with Crippen LogP contribution in [0, 0.1) is 0 Å². The SMILES string of the molecule is CCCCC(=O)Nc1cccc(NC(=S)NC(=O)c2ccc(-c3ccc(Cl)cc3)o2)c1. The van der Waals surface area contributed by atoms with E-state index >= 15 is 0 Å². The lowest BCUT2D eigenvalue weighted by Gasteiger charge is -2.11. The summed E-state index contributed by atoms with van der Waals surface area (Å²) in [7, 11) is 0. The van der Waals surface area contributed by atoms with Crippen molar-refractivity contribution in [2.24, 2.45) is 0 Å². The highest BCUT2D eigenvalue weighted by Gasteiger charge is 2.14. The lowest BCUT2D eigenvalue weighted by molar-refractivity contribution is -0.116. The Morgan fingerprint density at radius 2 is 1.71 bits per heavy atom. The van der Waals surface area contributed by atoms with Gasteiger partial charge < -0.3 is 15.1 Å². The third-order valence-corrected chi connectivity index (χ3v) is 4.80. The summed E-state index contributed by atoms with van der Waals surface area (Å²) in [6, 6.07) is 17.5. The number of unbranched alkanes of at least 4 members (excludes halogenated alkanes) is 1. The summed E-state index contributed by atoms with van der Waals surface area (Å²) >= 11 is 11.1. The van der Waals surface area contributed by atoms with E-state index in [-0.39, 0.29) is 16.8 Å². The van der Waals surface area contributed by atoms with E-state index < -0.39 is 5.91 Å². The van der Waals surface area contributed by atoms with Gasteiger partial charge in [-0.2, -0.15) is 0 Å². The van der Waals surface area contributed by atoms with E-state index in [4.69, 9.17) is 28.2 Å². The third-order valence-electron chi connectivity index (χ3n) is 4.35. The van der Waals surface area contributed by atoms with E-state index in [0.29, 0.717) is 28.6 Å². The Kier molecular flexibility index (Phi) is 7.81. The van der Waals surface area contributed by atoms with Crippen LogP contribution in [0.1, 0.15) is 36.7 Å². The fraction of sp³-hybridized carbons (Fsp3) is 0.174. The van der Waals surface area contributed by atoms with E-state index in [9.17, 15) is 9.59 Å². The first-order valence-corrected chi connectivity index (χ1v) is 10.6. The number of hydrogen-bond donors (Lipinski definition) is 3. The maximum atomic E-state index is 12.4. The molecule has 0 aliphatic heterocycles. The van der Waals surface area contributed by atoms with Crippen LogP contribution in [0.25, 0.3) is 11.3 Å². The molecule has 3 N–H and O–H groups in total. The predicted molar refractivity (Wildman–Crippen MR) is 127 cm³/mol. The largest absolute Gasteiger partial charge is 0.451 e. The summed E-state index contributed by atoms with van der Waals surface area (Å²) in [5.74, 6) is 0.171. The van der Waals surface area contributed by atoms with Crippen LogP contribution in [0.3, 0.4) is 0 Å². The minimum Gasteiger partial charge on any atom is -0.451 e. The van der Waals surface area contributed by atoms with Crippen molar-refractivity contribution in [1.29, 1.82) is 0 Å². The number of hydrogen-bond acceptors (Lipinski definition) is 4. The number of nitrogens with one attached hydrogen (secondary N) is 3. The van der Waals surface area contributed by atoms with Gasteiger partial charge in [0.15, 0.2) is 10.9 Å². The van der Waals surface area contributed by atoms with Gasteiger partial charge in [-0.1, -0.05) is 31.0 Å². The Morgan fingerprint density at radius 3 is 2.42 bits per heavy atom. The molecule has 0 saturated carbocycles. The molecule has 2 amide bonds. The molecule has 6 nitrogen and oxygen atoms in total. The molecule has 1 aromatic heterocycles. The van der Waals surface area contributed by atoms with E-state index in [2.05, 4.69) is 16.0 Å². The summed E-state index contributed by atoms with van der Waals surface area (Å²) in [6.07, 6.45) is 2.27. The van der Waals surface area contributed by atoms with Crippen LogP contribution in [0.15, 0.2) is 65.1 Å². The van der Waals surface area contributed by atoms with Crippen LogP contribution in [0.5, 0.6) is 0 Å². The van der Waals surface area contributed by atoms with Gasteiger partial charge in [0.05, 0.1) is 0 Å². The average Bonchev–Trinajstić information content (AvgIpc) is 3.23. The smallest absolute Gasteiger partial charge is 0.293 e. The maximum absolute atomic E-state index is 12.4. The zero-order chi connectivity index (χ0) is 22.2. The predicted octanol–water partition coefficient (Wildman–Crippen LogP) is 5.86. The number of amides is 2. The third kappa shape index (κ3) is 6.67. The minimum absolute atomic E-state index is 0.0378. The van der Waals surface area contributed by atoms with Gasteiger partial charge in [0.25, 0.3) is 5.91 Å². The number of rotatable bonds is 7. The van der Waals surface area contributed by atoms with Gasteiger partial charge in [-0.05, 0) is 73.2 Å². The van der Waals surface area contributed by atoms with Gasteiger partial charge in [-0.3, -0.25) is 14.9 Å². The van der Waals surface area contributed by atoms with E-state index in [0.717, 1.165) is 18.4 Å². The highest BCUT2D eigenvalue weighted by Crippen LogP contribution is 2.24. The molecule has 0 unspecified atom stereocenters. The molecule has 0 bridgehead atoms. The second-order valence-electron chi connectivity index (χ2n) is 6.81. The molecule has 0 spiro atoms. The van der Waals surface area contributed by atoms with Gasteiger partial charge in [0.2, 0.25) is 5.91 Å². The van der Waals surface area contributed by atoms with Crippen molar-refractivity contribution in [3.05, 3.63) is 71.4 Å². The van der Waals surface area contributed by atoms with Crippen LogP contribution in [0.4, 0.5) is 11.4 Å². The summed E-state index contributed by atoms with van der Waals surface area (Å²) in [5.41, 5.74) is 2.10.